The Bertz CT molecular complexity index is 1230. The predicted molar refractivity (Wildman–Crippen MR) is 142 cm³/mol. The van der Waals surface area contributed by atoms with Crippen molar-refractivity contribution in [2.45, 2.75) is 82.8 Å². The molecule has 2 aromatic rings. The fourth-order valence-electron chi connectivity index (χ4n) is 5.59. The van der Waals surface area contributed by atoms with Gasteiger partial charge in [-0.25, -0.2) is 14.2 Å². The van der Waals surface area contributed by atoms with Crippen LogP contribution >= 0.6 is 11.6 Å². The lowest BCUT2D eigenvalue weighted by atomic mass is 9.81. The topological polar surface area (TPSA) is 68.7 Å². The summed E-state index contributed by atoms with van der Waals surface area (Å²) < 4.78 is 67.0. The Morgan fingerprint density at radius 1 is 1.05 bits per heavy atom. The first kappa shape index (κ1) is 30.1. The van der Waals surface area contributed by atoms with Gasteiger partial charge in [-0.05, 0) is 56.1 Å². The minimum atomic E-state index is -4.85. The van der Waals surface area contributed by atoms with Gasteiger partial charge in [-0.2, -0.15) is 13.2 Å². The molecule has 1 amide bonds. The summed E-state index contributed by atoms with van der Waals surface area (Å²) in [6, 6.07) is 2.51. The lowest BCUT2D eigenvalue weighted by molar-refractivity contribution is -0.139. The molecule has 2 aliphatic rings. The van der Waals surface area contributed by atoms with Crippen LogP contribution in [0.5, 0.6) is 11.6 Å². The van der Waals surface area contributed by atoms with Crippen LogP contribution in [-0.2, 0) is 21.6 Å². The molecular formula is C29H33ClF4N2O4. The summed E-state index contributed by atoms with van der Waals surface area (Å²) in [6.07, 6.45) is 3.62. The molecule has 0 N–H and O–H groups in total. The van der Waals surface area contributed by atoms with Crippen molar-refractivity contribution < 1.29 is 36.6 Å². The van der Waals surface area contributed by atoms with Crippen molar-refractivity contribution in [2.24, 2.45) is 11.8 Å². The van der Waals surface area contributed by atoms with Gasteiger partial charge in [0.25, 0.3) is 0 Å². The van der Waals surface area contributed by atoms with Crippen molar-refractivity contribution in [1.82, 2.24) is 4.98 Å². The predicted octanol–water partition coefficient (Wildman–Crippen LogP) is 8.05. The molecule has 2 saturated carbocycles. The first-order chi connectivity index (χ1) is 19.0. The van der Waals surface area contributed by atoms with Crippen LogP contribution in [0.25, 0.3) is 0 Å². The van der Waals surface area contributed by atoms with E-state index in [0.29, 0.717) is 31.6 Å². The standard InChI is InChI=1S/C29H33ClF4N2O4/c1-17-8-10-19(11-9-17)27(37)36(20-6-4-3-5-7-20)24-14-23(31)25(13-21(24)28(38)39-2)40-26-22(29(32,33)34)12-18(15-30)16-35-26/h12-14,16-17,19-20H,3-11,15H2,1-2H3/t17-,19-. The lowest BCUT2D eigenvalue weighted by Gasteiger charge is -2.38. The molecule has 0 atom stereocenters. The molecule has 0 unspecified atom stereocenters. The second kappa shape index (κ2) is 12.7. The molecule has 11 heteroatoms. The molecule has 0 bridgehead atoms. The van der Waals surface area contributed by atoms with E-state index in [1.165, 1.54) is 4.90 Å². The Labute approximate surface area is 236 Å². The average Bonchev–Trinajstić information content (AvgIpc) is 2.94. The van der Waals surface area contributed by atoms with Gasteiger partial charge in [0.05, 0.1) is 18.4 Å². The molecular weight excluding hydrogens is 552 g/mol. The third kappa shape index (κ3) is 6.70. The smallest absolute Gasteiger partial charge is 0.421 e. The van der Waals surface area contributed by atoms with E-state index in [9.17, 15) is 22.8 Å². The summed E-state index contributed by atoms with van der Waals surface area (Å²) in [5.74, 6) is -3.57. The van der Waals surface area contributed by atoms with Crippen LogP contribution < -0.4 is 9.64 Å². The van der Waals surface area contributed by atoms with Gasteiger partial charge in [0, 0.05) is 36.2 Å². The zero-order valence-electron chi connectivity index (χ0n) is 22.5. The van der Waals surface area contributed by atoms with Crippen molar-refractivity contribution in [3.8, 4) is 11.6 Å². The summed E-state index contributed by atoms with van der Waals surface area (Å²) in [5, 5.41) is 0. The number of esters is 1. The maximum Gasteiger partial charge on any atom is 0.421 e. The molecule has 1 aromatic carbocycles. The number of halogens is 5. The summed E-state index contributed by atoms with van der Waals surface area (Å²) in [7, 11) is 1.14. The monoisotopic (exact) mass is 584 g/mol. The largest absolute Gasteiger partial charge is 0.465 e. The number of ether oxygens (including phenoxy) is 2. The molecule has 0 radical (unpaired) electrons. The quantitative estimate of drug-likeness (QED) is 0.187. The first-order valence-corrected chi connectivity index (χ1v) is 14.1. The van der Waals surface area contributed by atoms with Crippen LogP contribution in [0.4, 0.5) is 23.2 Å². The fourth-order valence-corrected chi connectivity index (χ4v) is 5.74. The van der Waals surface area contributed by atoms with Crippen LogP contribution in [0.1, 0.15) is 86.2 Å². The number of alkyl halides is 4. The van der Waals surface area contributed by atoms with Gasteiger partial charge in [-0.15, -0.1) is 11.6 Å². The van der Waals surface area contributed by atoms with Gasteiger partial charge in [0.1, 0.15) is 5.56 Å². The maximum absolute atomic E-state index is 15.6. The fraction of sp³-hybridized carbons (Fsp3) is 0.552. The van der Waals surface area contributed by atoms with Gasteiger partial charge in [0.2, 0.25) is 11.8 Å². The van der Waals surface area contributed by atoms with Gasteiger partial charge in [0.15, 0.2) is 11.6 Å². The summed E-state index contributed by atoms with van der Waals surface area (Å²) in [6.45, 7) is 2.14. The highest BCUT2D eigenvalue weighted by atomic mass is 35.5. The second-order valence-corrected chi connectivity index (χ2v) is 10.9. The Kier molecular flexibility index (Phi) is 9.59. The Hall–Kier alpha value is -2.88. The lowest BCUT2D eigenvalue weighted by Crippen LogP contribution is -2.46. The number of methoxy groups -OCH3 is 1. The van der Waals surface area contributed by atoms with Gasteiger partial charge >= 0.3 is 12.1 Å². The van der Waals surface area contributed by atoms with E-state index >= 15 is 4.39 Å². The number of aromatic nitrogens is 1. The molecule has 0 spiro atoms. The number of carbonyl (C=O) groups is 2. The number of nitrogens with zero attached hydrogens (tertiary/aromatic N) is 2. The van der Waals surface area contributed by atoms with Crippen molar-refractivity contribution in [3.63, 3.8) is 0 Å². The minimum absolute atomic E-state index is 0.0358. The Morgan fingerprint density at radius 3 is 2.33 bits per heavy atom. The molecule has 218 valence electrons. The van der Waals surface area contributed by atoms with E-state index in [1.54, 1.807) is 0 Å². The third-order valence-electron chi connectivity index (χ3n) is 7.83. The molecule has 6 nitrogen and oxygen atoms in total. The van der Waals surface area contributed by atoms with Crippen molar-refractivity contribution in [3.05, 3.63) is 46.9 Å². The molecule has 2 aliphatic carbocycles. The van der Waals surface area contributed by atoms with E-state index in [4.69, 9.17) is 21.1 Å². The van der Waals surface area contributed by atoms with Crippen molar-refractivity contribution in [1.29, 1.82) is 0 Å². The molecule has 1 heterocycles. The highest BCUT2D eigenvalue weighted by Gasteiger charge is 2.38. The Morgan fingerprint density at radius 2 is 1.73 bits per heavy atom. The number of benzene rings is 1. The minimum Gasteiger partial charge on any atom is -0.465 e. The van der Waals surface area contributed by atoms with E-state index in [2.05, 4.69) is 11.9 Å². The van der Waals surface area contributed by atoms with E-state index in [1.807, 2.05) is 0 Å². The zero-order chi connectivity index (χ0) is 29.0. The highest BCUT2D eigenvalue weighted by Crippen LogP contribution is 2.41. The number of amides is 1. The van der Waals surface area contributed by atoms with E-state index in [0.717, 1.165) is 63.6 Å². The maximum atomic E-state index is 15.6. The van der Waals surface area contributed by atoms with Gasteiger partial charge in [-0.3, -0.25) is 4.79 Å². The van der Waals surface area contributed by atoms with Crippen LogP contribution in [0.3, 0.4) is 0 Å². The number of carbonyl (C=O) groups excluding carboxylic acids is 2. The van der Waals surface area contributed by atoms with Crippen LogP contribution in [0.2, 0.25) is 0 Å². The SMILES string of the molecule is COC(=O)c1cc(Oc2ncc(CCl)cc2C(F)(F)F)c(F)cc1N(C(=O)[C@H]1CC[C@H](C)CC1)C1CCCCC1. The molecule has 40 heavy (non-hydrogen) atoms. The normalized spacial score (nSPS) is 20.2. The summed E-state index contributed by atoms with van der Waals surface area (Å²) >= 11 is 5.67. The molecule has 4 rings (SSSR count). The Balaban J connectivity index is 1.78. The first-order valence-electron chi connectivity index (χ1n) is 13.6. The number of anilines is 1. The highest BCUT2D eigenvalue weighted by molar-refractivity contribution is 6.17. The molecule has 0 saturated heterocycles. The number of hydrogen-bond acceptors (Lipinski definition) is 5. The van der Waals surface area contributed by atoms with Gasteiger partial charge < -0.3 is 14.4 Å². The molecule has 0 aliphatic heterocycles. The van der Waals surface area contributed by atoms with Gasteiger partial charge in [-0.1, -0.05) is 26.2 Å². The van der Waals surface area contributed by atoms with Crippen molar-refractivity contribution >= 4 is 29.2 Å². The zero-order valence-corrected chi connectivity index (χ0v) is 23.3. The summed E-state index contributed by atoms with van der Waals surface area (Å²) in [4.78, 5) is 32.1. The van der Waals surface area contributed by atoms with Crippen molar-refractivity contribution in [2.75, 3.05) is 12.0 Å². The van der Waals surface area contributed by atoms with E-state index in [-0.39, 0.29) is 40.6 Å². The van der Waals surface area contributed by atoms with E-state index < -0.39 is 35.2 Å². The van der Waals surface area contributed by atoms with Crippen LogP contribution in [-0.4, -0.2) is 30.0 Å². The second-order valence-electron chi connectivity index (χ2n) is 10.7. The average molecular weight is 585 g/mol. The van der Waals surface area contributed by atoms with Crippen LogP contribution in [0, 0.1) is 17.7 Å². The number of pyridine rings is 1. The molecule has 1 aromatic heterocycles. The third-order valence-corrected chi connectivity index (χ3v) is 8.14. The van der Waals surface area contributed by atoms with Crippen LogP contribution in [0.15, 0.2) is 24.4 Å². The molecule has 2 fully saturated rings. The number of rotatable bonds is 7. The summed E-state index contributed by atoms with van der Waals surface area (Å²) in [5.41, 5.74) is -1.27. The number of hydrogen-bond donors (Lipinski definition) is 0.